The zero-order chi connectivity index (χ0) is 11.3. The lowest BCUT2D eigenvalue weighted by Gasteiger charge is -2.34. The van der Waals surface area contributed by atoms with Crippen molar-refractivity contribution in [1.29, 1.82) is 0 Å². The van der Waals surface area contributed by atoms with Gasteiger partial charge in [0.1, 0.15) is 0 Å². The summed E-state index contributed by atoms with van der Waals surface area (Å²) in [7, 11) is 4.22. The maximum atomic E-state index is 10.9. The Morgan fingerprint density at radius 2 is 1.93 bits per heavy atom. The molecule has 1 N–H and O–H groups in total. The molecule has 0 aromatic heterocycles. The van der Waals surface area contributed by atoms with E-state index in [1.54, 1.807) is 6.92 Å². The van der Waals surface area contributed by atoms with E-state index < -0.39 is 0 Å². The van der Waals surface area contributed by atoms with Gasteiger partial charge in [-0.3, -0.25) is 4.79 Å². The number of likely N-dealkylation sites (N-methyl/N-ethyl adjacent to an activating group) is 1. The van der Waals surface area contributed by atoms with Crippen molar-refractivity contribution in [3.63, 3.8) is 0 Å². The third-order valence-corrected chi connectivity index (χ3v) is 3.42. The summed E-state index contributed by atoms with van der Waals surface area (Å²) in [5.74, 6) is 0.846. The van der Waals surface area contributed by atoms with Crippen LogP contribution in [0.1, 0.15) is 39.0 Å². The van der Waals surface area contributed by atoms with Gasteiger partial charge in [-0.05, 0) is 32.9 Å². The Bertz CT molecular complexity index is 198. The number of nitrogens with one attached hydrogen (secondary N) is 1. The molecule has 1 fully saturated rings. The average Bonchev–Trinajstić information content (AvgIpc) is 2.18. The molecule has 3 heteroatoms. The van der Waals surface area contributed by atoms with Crippen LogP contribution >= 0.6 is 0 Å². The first-order valence-electron chi connectivity index (χ1n) is 6.02. The van der Waals surface area contributed by atoms with Crippen LogP contribution < -0.4 is 5.32 Å². The highest BCUT2D eigenvalue weighted by Gasteiger charge is 2.25. The van der Waals surface area contributed by atoms with Crippen molar-refractivity contribution in [2.24, 2.45) is 5.92 Å². The van der Waals surface area contributed by atoms with E-state index in [1.165, 1.54) is 32.1 Å². The molecule has 0 aromatic carbocycles. The highest BCUT2D eigenvalue weighted by Crippen LogP contribution is 2.27. The van der Waals surface area contributed by atoms with Crippen LogP contribution in [-0.2, 0) is 4.79 Å². The van der Waals surface area contributed by atoms with Gasteiger partial charge in [0, 0.05) is 19.5 Å². The van der Waals surface area contributed by atoms with Crippen LogP contribution in [0.15, 0.2) is 0 Å². The lowest BCUT2D eigenvalue weighted by atomic mass is 9.83. The molecule has 0 heterocycles. The van der Waals surface area contributed by atoms with E-state index in [0.717, 1.165) is 12.5 Å². The number of nitrogens with zero attached hydrogens (tertiary/aromatic N) is 1. The summed E-state index contributed by atoms with van der Waals surface area (Å²) in [6.07, 6.45) is 6.74. The second-order valence-electron chi connectivity index (χ2n) is 4.87. The molecule has 0 radical (unpaired) electrons. The quantitative estimate of drug-likeness (QED) is 0.768. The normalized spacial score (nSPS) is 20.3. The third kappa shape index (κ3) is 4.20. The summed E-state index contributed by atoms with van der Waals surface area (Å²) >= 11 is 0. The van der Waals surface area contributed by atoms with E-state index in [-0.39, 0.29) is 5.91 Å². The fourth-order valence-electron chi connectivity index (χ4n) is 2.54. The first kappa shape index (κ1) is 12.5. The number of carbonyl (C=O) groups excluding carboxylic acids is 1. The van der Waals surface area contributed by atoms with Crippen molar-refractivity contribution < 1.29 is 4.79 Å². The number of hydrogen-bond acceptors (Lipinski definition) is 2. The van der Waals surface area contributed by atoms with Crippen LogP contribution in [0.2, 0.25) is 0 Å². The maximum absolute atomic E-state index is 10.9. The maximum Gasteiger partial charge on any atom is 0.216 e. The van der Waals surface area contributed by atoms with Crippen molar-refractivity contribution in [3.8, 4) is 0 Å². The lowest BCUT2D eigenvalue weighted by Crippen LogP contribution is -2.45. The molecule has 1 amide bonds. The molecule has 1 aliphatic rings. The van der Waals surface area contributed by atoms with Gasteiger partial charge < -0.3 is 10.2 Å². The van der Waals surface area contributed by atoms with Gasteiger partial charge in [-0.1, -0.05) is 19.3 Å². The minimum Gasteiger partial charge on any atom is -0.355 e. The zero-order valence-electron chi connectivity index (χ0n) is 10.3. The second-order valence-corrected chi connectivity index (χ2v) is 4.87. The van der Waals surface area contributed by atoms with Crippen LogP contribution in [-0.4, -0.2) is 37.5 Å². The lowest BCUT2D eigenvalue weighted by molar-refractivity contribution is -0.119. The molecule has 1 atom stereocenters. The van der Waals surface area contributed by atoms with Crippen molar-refractivity contribution in [3.05, 3.63) is 0 Å². The fourth-order valence-corrected chi connectivity index (χ4v) is 2.54. The number of amides is 1. The number of rotatable bonds is 4. The zero-order valence-corrected chi connectivity index (χ0v) is 10.3. The van der Waals surface area contributed by atoms with Crippen molar-refractivity contribution in [2.45, 2.75) is 45.1 Å². The summed E-state index contributed by atoms with van der Waals surface area (Å²) in [6, 6.07) is 0.509. The monoisotopic (exact) mass is 212 g/mol. The molecule has 0 bridgehead atoms. The Balaban J connectivity index is 2.44. The predicted octanol–water partition coefficient (Wildman–Crippen LogP) is 1.63. The van der Waals surface area contributed by atoms with Gasteiger partial charge in [-0.2, -0.15) is 0 Å². The van der Waals surface area contributed by atoms with E-state index >= 15 is 0 Å². The topological polar surface area (TPSA) is 32.3 Å². The van der Waals surface area contributed by atoms with Crippen LogP contribution in [0.25, 0.3) is 0 Å². The van der Waals surface area contributed by atoms with Crippen LogP contribution in [0.3, 0.4) is 0 Å². The summed E-state index contributed by atoms with van der Waals surface area (Å²) in [4.78, 5) is 13.2. The molecular formula is C12H24N2O. The van der Waals surface area contributed by atoms with E-state index in [9.17, 15) is 4.79 Å². The van der Waals surface area contributed by atoms with Gasteiger partial charge in [0.2, 0.25) is 5.91 Å². The molecule has 3 nitrogen and oxygen atoms in total. The van der Waals surface area contributed by atoms with Crippen LogP contribution in [0.5, 0.6) is 0 Å². The summed E-state index contributed by atoms with van der Waals surface area (Å²) in [5, 5.41) is 2.94. The molecule has 88 valence electrons. The molecule has 1 saturated carbocycles. The Labute approximate surface area is 93.2 Å². The van der Waals surface area contributed by atoms with E-state index in [2.05, 4.69) is 24.3 Å². The van der Waals surface area contributed by atoms with Crippen molar-refractivity contribution >= 4 is 5.91 Å². The number of carbonyl (C=O) groups is 1. The Morgan fingerprint density at radius 1 is 1.33 bits per heavy atom. The Hall–Kier alpha value is -0.570. The van der Waals surface area contributed by atoms with E-state index in [4.69, 9.17) is 0 Å². The summed E-state index contributed by atoms with van der Waals surface area (Å²) < 4.78 is 0. The molecule has 0 aromatic rings. The Morgan fingerprint density at radius 3 is 2.40 bits per heavy atom. The van der Waals surface area contributed by atoms with E-state index in [0.29, 0.717) is 6.04 Å². The largest absolute Gasteiger partial charge is 0.355 e. The second kappa shape index (κ2) is 6.11. The molecular weight excluding hydrogens is 188 g/mol. The first-order valence-corrected chi connectivity index (χ1v) is 6.02. The molecule has 0 saturated heterocycles. The summed E-state index contributed by atoms with van der Waals surface area (Å²) in [5.41, 5.74) is 0. The van der Waals surface area contributed by atoms with Gasteiger partial charge in [-0.25, -0.2) is 0 Å². The molecule has 0 spiro atoms. The molecule has 1 unspecified atom stereocenters. The summed E-state index contributed by atoms with van der Waals surface area (Å²) in [6.45, 7) is 2.39. The molecule has 15 heavy (non-hydrogen) atoms. The molecule has 1 aliphatic carbocycles. The standard InChI is InChI=1S/C12H24N2O/c1-10(15)13-9-12(14(2)3)11-7-5-4-6-8-11/h11-12H,4-9H2,1-3H3,(H,13,15). The van der Waals surface area contributed by atoms with Crippen molar-refractivity contribution in [1.82, 2.24) is 10.2 Å². The number of hydrogen-bond donors (Lipinski definition) is 1. The Kier molecular flexibility index (Phi) is 5.09. The van der Waals surface area contributed by atoms with Gasteiger partial charge in [0.15, 0.2) is 0 Å². The van der Waals surface area contributed by atoms with Gasteiger partial charge >= 0.3 is 0 Å². The predicted molar refractivity (Wildman–Crippen MR) is 62.7 cm³/mol. The van der Waals surface area contributed by atoms with Gasteiger partial charge in [0.25, 0.3) is 0 Å². The average molecular weight is 212 g/mol. The van der Waals surface area contributed by atoms with Crippen LogP contribution in [0, 0.1) is 5.92 Å². The fraction of sp³-hybridized carbons (Fsp3) is 0.917. The van der Waals surface area contributed by atoms with E-state index in [1.807, 2.05) is 0 Å². The minimum atomic E-state index is 0.0812. The third-order valence-electron chi connectivity index (χ3n) is 3.42. The van der Waals surface area contributed by atoms with Crippen molar-refractivity contribution in [2.75, 3.05) is 20.6 Å². The SMILES string of the molecule is CC(=O)NCC(C1CCCCC1)N(C)C. The van der Waals surface area contributed by atoms with Crippen LogP contribution in [0.4, 0.5) is 0 Å². The smallest absolute Gasteiger partial charge is 0.216 e. The molecule has 1 rings (SSSR count). The first-order chi connectivity index (χ1) is 7.11. The highest BCUT2D eigenvalue weighted by atomic mass is 16.1. The van der Waals surface area contributed by atoms with Gasteiger partial charge in [-0.15, -0.1) is 0 Å². The minimum absolute atomic E-state index is 0.0812. The molecule has 0 aliphatic heterocycles. The highest BCUT2D eigenvalue weighted by molar-refractivity contribution is 5.72. The van der Waals surface area contributed by atoms with Gasteiger partial charge in [0.05, 0.1) is 0 Å².